The van der Waals surface area contributed by atoms with Gasteiger partial charge in [-0.1, -0.05) is 13.8 Å². The van der Waals surface area contributed by atoms with Crippen molar-refractivity contribution in [1.29, 1.82) is 0 Å². The second-order valence-corrected chi connectivity index (χ2v) is 8.57. The summed E-state index contributed by atoms with van der Waals surface area (Å²) >= 11 is 0. The molecule has 174 valence electrons. The molecule has 1 aliphatic rings. The SMILES string of the molecule is Cc1nc2c(O[C@H]3CCOc4cc(F)cc(F)c43)cc(C(=O)N(C)C)cc2n1C(=O)C(C)C. The normalized spacial score (nSPS) is 15.3. The van der Waals surface area contributed by atoms with Crippen molar-refractivity contribution in [3.63, 3.8) is 0 Å². The van der Waals surface area contributed by atoms with E-state index in [0.29, 0.717) is 28.8 Å². The number of ether oxygens (including phenoxy) is 2. The van der Waals surface area contributed by atoms with Crippen molar-refractivity contribution in [1.82, 2.24) is 14.5 Å². The van der Waals surface area contributed by atoms with Gasteiger partial charge in [-0.05, 0) is 19.1 Å². The summed E-state index contributed by atoms with van der Waals surface area (Å²) in [6.45, 7) is 5.46. The van der Waals surface area contributed by atoms with Gasteiger partial charge in [0.1, 0.15) is 40.6 Å². The highest BCUT2D eigenvalue weighted by Gasteiger charge is 2.30. The molecule has 4 rings (SSSR count). The number of aryl methyl sites for hydroxylation is 1. The number of nitrogens with zero attached hydrogens (tertiary/aromatic N) is 3. The number of hydrogen-bond donors (Lipinski definition) is 0. The van der Waals surface area contributed by atoms with E-state index in [-0.39, 0.29) is 41.4 Å². The maximum Gasteiger partial charge on any atom is 0.253 e. The highest BCUT2D eigenvalue weighted by Crippen LogP contribution is 2.40. The Morgan fingerprint density at radius 1 is 1.21 bits per heavy atom. The predicted octanol–water partition coefficient (Wildman–Crippen LogP) is 4.52. The zero-order chi connectivity index (χ0) is 24.0. The third kappa shape index (κ3) is 4.03. The first kappa shape index (κ1) is 22.7. The number of benzene rings is 2. The molecule has 0 bridgehead atoms. The largest absolute Gasteiger partial charge is 0.493 e. The number of imidazole rings is 1. The standard InChI is InChI=1S/C24H25F2N3O4/c1-12(2)23(30)29-13(3)27-22-17(29)8-14(24(31)28(4)5)9-20(22)33-18-6-7-32-19-11-15(25)10-16(26)21(18)19/h8-12,18H,6-7H2,1-5H3/t18-/m0/s1. The molecular weight excluding hydrogens is 432 g/mol. The first-order valence-corrected chi connectivity index (χ1v) is 10.7. The van der Waals surface area contributed by atoms with E-state index in [0.717, 1.165) is 12.1 Å². The van der Waals surface area contributed by atoms with Crippen molar-refractivity contribution < 1.29 is 27.8 Å². The van der Waals surface area contributed by atoms with Gasteiger partial charge in [0.15, 0.2) is 0 Å². The van der Waals surface area contributed by atoms with E-state index in [9.17, 15) is 18.4 Å². The topological polar surface area (TPSA) is 73.7 Å². The fourth-order valence-electron chi connectivity index (χ4n) is 3.95. The van der Waals surface area contributed by atoms with Crippen LogP contribution in [0.5, 0.6) is 11.5 Å². The lowest BCUT2D eigenvalue weighted by Crippen LogP contribution is -2.23. The molecule has 3 aromatic rings. The van der Waals surface area contributed by atoms with Gasteiger partial charge in [0.05, 0.1) is 17.7 Å². The molecule has 2 heterocycles. The molecule has 1 aromatic heterocycles. The molecule has 0 aliphatic carbocycles. The summed E-state index contributed by atoms with van der Waals surface area (Å²) in [5.41, 5.74) is 1.22. The van der Waals surface area contributed by atoms with Crippen molar-refractivity contribution in [3.05, 3.63) is 52.9 Å². The van der Waals surface area contributed by atoms with Crippen LogP contribution in [0.1, 0.15) is 52.9 Å². The number of hydrogen-bond acceptors (Lipinski definition) is 5. The van der Waals surface area contributed by atoms with Gasteiger partial charge >= 0.3 is 0 Å². The molecule has 1 atom stereocenters. The fourth-order valence-corrected chi connectivity index (χ4v) is 3.95. The summed E-state index contributed by atoms with van der Waals surface area (Å²) in [5.74, 6) is -1.51. The minimum Gasteiger partial charge on any atom is -0.493 e. The Balaban J connectivity index is 1.89. The minimum atomic E-state index is -0.784. The van der Waals surface area contributed by atoms with Gasteiger partial charge in [-0.15, -0.1) is 0 Å². The van der Waals surface area contributed by atoms with Gasteiger partial charge in [-0.25, -0.2) is 13.8 Å². The van der Waals surface area contributed by atoms with Crippen LogP contribution in [0.25, 0.3) is 11.0 Å². The number of rotatable bonds is 4. The van der Waals surface area contributed by atoms with Gasteiger partial charge in [0.2, 0.25) is 5.91 Å². The molecule has 0 fully saturated rings. The van der Waals surface area contributed by atoms with E-state index in [1.165, 1.54) is 15.5 Å². The Morgan fingerprint density at radius 2 is 1.94 bits per heavy atom. The molecule has 2 aromatic carbocycles. The van der Waals surface area contributed by atoms with Crippen molar-refractivity contribution in [2.24, 2.45) is 5.92 Å². The van der Waals surface area contributed by atoms with Crippen LogP contribution in [0, 0.1) is 24.5 Å². The van der Waals surface area contributed by atoms with Gasteiger partial charge in [-0.2, -0.15) is 0 Å². The van der Waals surface area contributed by atoms with Crippen LogP contribution in [0.4, 0.5) is 8.78 Å². The Kier molecular flexibility index (Phi) is 5.82. The second-order valence-electron chi connectivity index (χ2n) is 8.57. The molecular formula is C24H25F2N3O4. The average molecular weight is 457 g/mol. The first-order chi connectivity index (χ1) is 15.6. The van der Waals surface area contributed by atoms with Crippen LogP contribution in [0.15, 0.2) is 24.3 Å². The lowest BCUT2D eigenvalue weighted by molar-refractivity contribution is 0.0823. The van der Waals surface area contributed by atoms with Crippen molar-refractivity contribution in [2.75, 3.05) is 20.7 Å². The van der Waals surface area contributed by atoms with Crippen LogP contribution >= 0.6 is 0 Å². The lowest BCUT2D eigenvalue weighted by Gasteiger charge is -2.27. The molecule has 0 saturated heterocycles. The molecule has 0 saturated carbocycles. The third-order valence-electron chi connectivity index (χ3n) is 5.55. The molecule has 0 radical (unpaired) electrons. The van der Waals surface area contributed by atoms with Crippen LogP contribution in [-0.2, 0) is 0 Å². The van der Waals surface area contributed by atoms with Crippen molar-refractivity contribution in [2.45, 2.75) is 33.3 Å². The Bertz CT molecular complexity index is 1270. The molecule has 0 N–H and O–H groups in total. The van der Waals surface area contributed by atoms with E-state index in [1.807, 2.05) is 0 Å². The first-order valence-electron chi connectivity index (χ1n) is 10.7. The van der Waals surface area contributed by atoms with E-state index in [1.54, 1.807) is 40.9 Å². The molecule has 1 amide bonds. The summed E-state index contributed by atoms with van der Waals surface area (Å²) < 4.78 is 41.4. The molecule has 9 heteroatoms. The van der Waals surface area contributed by atoms with Crippen LogP contribution in [0.2, 0.25) is 0 Å². The number of aromatic nitrogens is 2. The summed E-state index contributed by atoms with van der Waals surface area (Å²) in [4.78, 5) is 31.6. The zero-order valence-corrected chi connectivity index (χ0v) is 19.1. The van der Waals surface area contributed by atoms with Crippen LogP contribution in [0.3, 0.4) is 0 Å². The van der Waals surface area contributed by atoms with Crippen LogP contribution < -0.4 is 9.47 Å². The van der Waals surface area contributed by atoms with E-state index >= 15 is 0 Å². The van der Waals surface area contributed by atoms with Gasteiger partial charge in [-0.3, -0.25) is 14.2 Å². The van der Waals surface area contributed by atoms with Crippen molar-refractivity contribution in [3.8, 4) is 11.5 Å². The molecule has 1 aliphatic heterocycles. The summed E-state index contributed by atoms with van der Waals surface area (Å²) in [6, 6.07) is 5.05. The number of carbonyl (C=O) groups excluding carboxylic acids is 2. The summed E-state index contributed by atoms with van der Waals surface area (Å²) in [6.07, 6.45) is -0.471. The molecule has 0 unspecified atom stereocenters. The van der Waals surface area contributed by atoms with Crippen molar-refractivity contribution >= 4 is 22.8 Å². The van der Waals surface area contributed by atoms with Gasteiger partial charge < -0.3 is 14.4 Å². The van der Waals surface area contributed by atoms with E-state index in [2.05, 4.69) is 4.98 Å². The fraction of sp³-hybridized carbons (Fsp3) is 0.375. The number of amides is 1. The Labute approximate surface area is 189 Å². The number of fused-ring (bicyclic) bond motifs is 2. The number of halogens is 2. The Hall–Kier alpha value is -3.49. The van der Waals surface area contributed by atoms with Gasteiger partial charge in [0, 0.05) is 44.1 Å². The van der Waals surface area contributed by atoms with E-state index in [4.69, 9.17) is 9.47 Å². The smallest absolute Gasteiger partial charge is 0.253 e. The highest BCUT2D eigenvalue weighted by molar-refractivity contribution is 6.01. The molecule has 33 heavy (non-hydrogen) atoms. The molecule has 0 spiro atoms. The Morgan fingerprint density at radius 3 is 2.61 bits per heavy atom. The third-order valence-corrected chi connectivity index (χ3v) is 5.55. The lowest BCUT2D eigenvalue weighted by atomic mass is 10.0. The quantitative estimate of drug-likeness (QED) is 0.576. The summed E-state index contributed by atoms with van der Waals surface area (Å²) in [7, 11) is 3.24. The zero-order valence-electron chi connectivity index (χ0n) is 19.1. The maximum absolute atomic E-state index is 14.6. The second kappa shape index (κ2) is 8.46. The highest BCUT2D eigenvalue weighted by atomic mass is 19.1. The minimum absolute atomic E-state index is 0.0808. The summed E-state index contributed by atoms with van der Waals surface area (Å²) in [5, 5.41) is 0. The van der Waals surface area contributed by atoms with Gasteiger partial charge in [0.25, 0.3) is 5.91 Å². The van der Waals surface area contributed by atoms with E-state index < -0.39 is 17.7 Å². The number of carbonyl (C=O) groups is 2. The average Bonchev–Trinajstić information content (AvgIpc) is 3.08. The molecule has 7 nitrogen and oxygen atoms in total. The monoisotopic (exact) mass is 457 g/mol. The maximum atomic E-state index is 14.6. The van der Waals surface area contributed by atoms with Crippen LogP contribution in [-0.4, -0.2) is 47.0 Å². The predicted molar refractivity (Wildman–Crippen MR) is 118 cm³/mol.